The van der Waals surface area contributed by atoms with Crippen LogP contribution < -0.4 is 0 Å². The van der Waals surface area contributed by atoms with Crippen molar-refractivity contribution in [1.29, 1.82) is 0 Å². The van der Waals surface area contributed by atoms with Crippen LogP contribution in [0.2, 0.25) is 0 Å². The first kappa shape index (κ1) is 15.6. The molecule has 4 rings (SSSR count). The van der Waals surface area contributed by atoms with Crippen LogP contribution in [-0.2, 0) is 16.1 Å². The molecule has 1 aliphatic carbocycles. The zero-order valence-corrected chi connectivity index (χ0v) is 14.1. The summed E-state index contributed by atoms with van der Waals surface area (Å²) in [5.74, 6) is 0.995. The lowest BCUT2D eigenvalue weighted by molar-refractivity contribution is -0.110. The van der Waals surface area contributed by atoms with E-state index in [1.165, 1.54) is 30.4 Å². The summed E-state index contributed by atoms with van der Waals surface area (Å²) in [6.45, 7) is 2.13. The van der Waals surface area contributed by atoms with Gasteiger partial charge in [0.2, 0.25) is 0 Å². The van der Waals surface area contributed by atoms with Crippen molar-refractivity contribution in [3.63, 3.8) is 0 Å². The summed E-state index contributed by atoms with van der Waals surface area (Å²) in [6, 6.07) is 11.2. The molecule has 0 radical (unpaired) electrons. The molecule has 3 aliphatic rings. The largest absolute Gasteiger partial charge is 0.488 e. The van der Waals surface area contributed by atoms with Gasteiger partial charge in [-0.15, -0.1) is 0 Å². The quantitative estimate of drug-likeness (QED) is 0.788. The van der Waals surface area contributed by atoms with Crippen LogP contribution in [0.15, 0.2) is 53.8 Å². The zero-order valence-electron chi connectivity index (χ0n) is 14.1. The lowest BCUT2D eigenvalue weighted by Crippen LogP contribution is -2.46. The van der Waals surface area contributed by atoms with Crippen molar-refractivity contribution in [2.24, 2.45) is 5.92 Å². The van der Waals surface area contributed by atoms with Gasteiger partial charge in [0.05, 0.1) is 0 Å². The SMILES string of the molecule is O=CC1CC=CC2=C1CC(C1CCCCN1Cc1ccccc1)O2. The summed E-state index contributed by atoms with van der Waals surface area (Å²) in [4.78, 5) is 13.9. The standard InChI is InChI=1S/C21H25NO2/c23-15-17-9-6-11-20-18(17)13-21(24-20)19-10-4-5-12-22(19)14-16-7-2-1-3-8-16/h1-3,6-8,11,15,17,19,21H,4-5,9-10,12-14H2. The van der Waals surface area contributed by atoms with Crippen LogP contribution in [0, 0.1) is 5.92 Å². The maximum atomic E-state index is 11.4. The molecule has 2 heterocycles. The average Bonchev–Trinajstić information content (AvgIpc) is 3.07. The van der Waals surface area contributed by atoms with Crippen LogP contribution in [0.4, 0.5) is 0 Å². The van der Waals surface area contributed by atoms with Gasteiger partial charge in [-0.25, -0.2) is 0 Å². The molecule has 0 amide bonds. The van der Waals surface area contributed by atoms with Gasteiger partial charge in [-0.3, -0.25) is 4.90 Å². The number of aldehydes is 1. The molecule has 0 saturated carbocycles. The second kappa shape index (κ2) is 6.94. The lowest BCUT2D eigenvalue weighted by atomic mass is 9.87. The molecule has 3 unspecified atom stereocenters. The third kappa shape index (κ3) is 3.05. The predicted octanol–water partition coefficient (Wildman–Crippen LogP) is 3.86. The number of nitrogens with zero attached hydrogens (tertiary/aromatic N) is 1. The van der Waals surface area contributed by atoms with Gasteiger partial charge in [0, 0.05) is 24.9 Å². The fourth-order valence-electron chi connectivity index (χ4n) is 4.35. The van der Waals surface area contributed by atoms with Crippen molar-refractivity contribution in [3.8, 4) is 0 Å². The molecule has 3 atom stereocenters. The molecule has 0 spiro atoms. The van der Waals surface area contributed by atoms with Crippen LogP contribution in [0.25, 0.3) is 0 Å². The molecular weight excluding hydrogens is 298 g/mol. The van der Waals surface area contributed by atoms with E-state index in [0.717, 1.165) is 38.0 Å². The minimum Gasteiger partial charge on any atom is -0.488 e. The maximum absolute atomic E-state index is 11.4. The minimum atomic E-state index is 0.0289. The summed E-state index contributed by atoms with van der Waals surface area (Å²) < 4.78 is 6.30. The Bertz CT molecular complexity index is 649. The molecule has 1 aromatic carbocycles. The van der Waals surface area contributed by atoms with Gasteiger partial charge in [0.1, 0.15) is 18.1 Å². The highest BCUT2D eigenvalue weighted by atomic mass is 16.5. The number of benzene rings is 1. The Morgan fingerprint density at radius 1 is 1.21 bits per heavy atom. The molecule has 0 N–H and O–H groups in total. The van der Waals surface area contributed by atoms with Gasteiger partial charge in [-0.1, -0.05) is 42.8 Å². The van der Waals surface area contributed by atoms with E-state index in [1.807, 2.05) is 0 Å². The zero-order chi connectivity index (χ0) is 16.4. The molecule has 1 aromatic rings. The van der Waals surface area contributed by atoms with Gasteiger partial charge in [-0.2, -0.15) is 0 Å². The van der Waals surface area contributed by atoms with Gasteiger partial charge in [0.15, 0.2) is 0 Å². The normalized spacial score (nSPS) is 30.1. The van der Waals surface area contributed by atoms with Crippen molar-refractivity contribution in [1.82, 2.24) is 4.90 Å². The molecule has 1 fully saturated rings. The van der Waals surface area contributed by atoms with E-state index in [9.17, 15) is 4.79 Å². The van der Waals surface area contributed by atoms with Crippen LogP contribution in [0.3, 0.4) is 0 Å². The summed E-state index contributed by atoms with van der Waals surface area (Å²) in [7, 11) is 0. The first-order chi connectivity index (χ1) is 11.8. The molecule has 2 aliphatic heterocycles. The van der Waals surface area contributed by atoms with Gasteiger partial charge in [0.25, 0.3) is 0 Å². The summed E-state index contributed by atoms with van der Waals surface area (Å²) in [5.41, 5.74) is 2.59. The number of hydrogen-bond donors (Lipinski definition) is 0. The minimum absolute atomic E-state index is 0.0289. The second-order valence-corrected chi connectivity index (χ2v) is 7.15. The third-order valence-corrected chi connectivity index (χ3v) is 5.61. The monoisotopic (exact) mass is 323 g/mol. The van der Waals surface area contributed by atoms with Gasteiger partial charge >= 0.3 is 0 Å². The van der Waals surface area contributed by atoms with Crippen LogP contribution in [-0.4, -0.2) is 29.9 Å². The van der Waals surface area contributed by atoms with Crippen LogP contribution >= 0.6 is 0 Å². The lowest BCUT2D eigenvalue weighted by Gasteiger charge is -2.39. The molecule has 126 valence electrons. The molecule has 24 heavy (non-hydrogen) atoms. The number of allylic oxidation sites excluding steroid dienone is 2. The Labute approximate surface area is 144 Å². The Morgan fingerprint density at radius 2 is 2.08 bits per heavy atom. The van der Waals surface area contributed by atoms with Crippen molar-refractivity contribution in [2.75, 3.05) is 6.54 Å². The number of hydrogen-bond acceptors (Lipinski definition) is 3. The third-order valence-electron chi connectivity index (χ3n) is 5.61. The van der Waals surface area contributed by atoms with Gasteiger partial charge < -0.3 is 9.53 Å². The number of ether oxygens (including phenoxy) is 1. The van der Waals surface area contributed by atoms with E-state index in [1.54, 1.807) is 0 Å². The van der Waals surface area contributed by atoms with E-state index >= 15 is 0 Å². The second-order valence-electron chi connectivity index (χ2n) is 7.15. The Kier molecular flexibility index (Phi) is 4.52. The van der Waals surface area contributed by atoms with Crippen LogP contribution in [0.1, 0.15) is 37.7 Å². The maximum Gasteiger partial charge on any atom is 0.127 e. The fourth-order valence-corrected chi connectivity index (χ4v) is 4.35. The number of carbonyl (C=O) groups is 1. The number of rotatable bonds is 4. The smallest absolute Gasteiger partial charge is 0.127 e. The van der Waals surface area contributed by atoms with E-state index in [4.69, 9.17) is 4.74 Å². The van der Waals surface area contributed by atoms with Crippen LogP contribution in [0.5, 0.6) is 0 Å². The highest BCUT2D eigenvalue weighted by molar-refractivity contribution is 5.61. The topological polar surface area (TPSA) is 29.5 Å². The molecule has 3 nitrogen and oxygen atoms in total. The molecule has 0 bridgehead atoms. The number of likely N-dealkylation sites (tertiary alicyclic amines) is 1. The van der Waals surface area contributed by atoms with E-state index in [0.29, 0.717) is 6.04 Å². The van der Waals surface area contributed by atoms with E-state index < -0.39 is 0 Å². The summed E-state index contributed by atoms with van der Waals surface area (Å²) in [5, 5.41) is 0. The Balaban J connectivity index is 1.48. The van der Waals surface area contributed by atoms with Crippen molar-refractivity contribution >= 4 is 6.29 Å². The number of carbonyl (C=O) groups excluding carboxylic acids is 1. The van der Waals surface area contributed by atoms with Crippen molar-refractivity contribution < 1.29 is 9.53 Å². The van der Waals surface area contributed by atoms with Crippen molar-refractivity contribution in [3.05, 3.63) is 59.4 Å². The summed E-state index contributed by atoms with van der Waals surface area (Å²) >= 11 is 0. The molecular formula is C21H25NO2. The molecule has 0 aromatic heterocycles. The average molecular weight is 323 g/mol. The summed E-state index contributed by atoms with van der Waals surface area (Å²) in [6.07, 6.45) is 10.9. The van der Waals surface area contributed by atoms with E-state index in [-0.39, 0.29) is 12.0 Å². The van der Waals surface area contributed by atoms with E-state index in [2.05, 4.69) is 47.4 Å². The highest BCUT2D eigenvalue weighted by Gasteiger charge is 2.38. The Hall–Kier alpha value is -1.87. The molecule has 1 saturated heterocycles. The predicted molar refractivity (Wildman–Crippen MR) is 94.3 cm³/mol. The number of piperidine rings is 1. The molecule has 3 heteroatoms. The highest BCUT2D eigenvalue weighted by Crippen LogP contribution is 2.39. The fraction of sp³-hybridized carbons (Fsp3) is 0.476. The first-order valence-corrected chi connectivity index (χ1v) is 9.14. The van der Waals surface area contributed by atoms with Crippen molar-refractivity contribution in [2.45, 2.75) is 50.8 Å². The van der Waals surface area contributed by atoms with Gasteiger partial charge in [-0.05, 0) is 43.0 Å². The Morgan fingerprint density at radius 3 is 2.92 bits per heavy atom. The first-order valence-electron chi connectivity index (χ1n) is 9.14.